The number of pyridine rings is 1. The third-order valence-electron chi connectivity index (χ3n) is 4.86. The van der Waals surface area contributed by atoms with Gasteiger partial charge in [0.15, 0.2) is 0 Å². The molecule has 5 nitrogen and oxygen atoms in total. The Balaban J connectivity index is 1.69. The first-order chi connectivity index (χ1) is 12.7. The molecule has 136 valence electrons. The van der Waals surface area contributed by atoms with Gasteiger partial charge >= 0.3 is 0 Å². The lowest BCUT2D eigenvalue weighted by atomic mass is 9.99. The molecule has 1 fully saturated rings. The van der Waals surface area contributed by atoms with Crippen LogP contribution in [-0.2, 0) is 6.54 Å². The van der Waals surface area contributed by atoms with E-state index in [1.807, 2.05) is 35.2 Å². The molecule has 1 aromatic heterocycles. The van der Waals surface area contributed by atoms with Gasteiger partial charge in [-0.2, -0.15) is 0 Å². The molecule has 26 heavy (non-hydrogen) atoms. The molecular formula is C21H25N3O2. The number of rotatable bonds is 5. The van der Waals surface area contributed by atoms with Gasteiger partial charge in [0.2, 0.25) is 0 Å². The summed E-state index contributed by atoms with van der Waals surface area (Å²) in [6, 6.07) is 15.0. The smallest absolute Gasteiger partial charge is 0.272 e. The van der Waals surface area contributed by atoms with Crippen molar-refractivity contribution in [2.75, 3.05) is 6.54 Å². The minimum absolute atomic E-state index is 0.0748. The molecule has 1 N–H and O–H groups in total. The van der Waals surface area contributed by atoms with Crippen LogP contribution >= 0.6 is 0 Å². The molecule has 0 bridgehead atoms. The van der Waals surface area contributed by atoms with Gasteiger partial charge in [0, 0.05) is 19.1 Å². The first-order valence-electron chi connectivity index (χ1n) is 9.29. The van der Waals surface area contributed by atoms with E-state index in [-0.39, 0.29) is 23.6 Å². The predicted molar refractivity (Wildman–Crippen MR) is 101 cm³/mol. The summed E-state index contributed by atoms with van der Waals surface area (Å²) in [5.74, 6) is -0.344. The van der Waals surface area contributed by atoms with Gasteiger partial charge in [-0.15, -0.1) is 0 Å². The molecule has 0 radical (unpaired) electrons. The van der Waals surface area contributed by atoms with Crippen molar-refractivity contribution in [3.8, 4) is 0 Å². The van der Waals surface area contributed by atoms with Gasteiger partial charge in [0.25, 0.3) is 11.8 Å². The Bertz CT molecular complexity index is 761. The molecule has 1 aromatic carbocycles. The van der Waals surface area contributed by atoms with Gasteiger partial charge in [-0.25, -0.2) is 4.98 Å². The number of benzene rings is 1. The number of likely N-dealkylation sites (tertiary alicyclic amines) is 1. The van der Waals surface area contributed by atoms with E-state index in [9.17, 15) is 9.59 Å². The van der Waals surface area contributed by atoms with Crippen LogP contribution in [0.3, 0.4) is 0 Å². The largest absolute Gasteiger partial charge is 0.347 e. The van der Waals surface area contributed by atoms with E-state index in [0.29, 0.717) is 12.2 Å². The maximum Gasteiger partial charge on any atom is 0.272 e. The van der Waals surface area contributed by atoms with Crippen molar-refractivity contribution in [2.45, 2.75) is 45.2 Å². The van der Waals surface area contributed by atoms with Gasteiger partial charge in [0.1, 0.15) is 11.4 Å². The third kappa shape index (κ3) is 4.28. The van der Waals surface area contributed by atoms with Crippen LogP contribution in [0.2, 0.25) is 0 Å². The lowest BCUT2D eigenvalue weighted by Crippen LogP contribution is -2.43. The van der Waals surface area contributed by atoms with Crippen LogP contribution in [0.5, 0.6) is 0 Å². The molecule has 0 aliphatic carbocycles. The highest BCUT2D eigenvalue weighted by atomic mass is 16.2. The second kappa shape index (κ2) is 8.61. The van der Waals surface area contributed by atoms with Crippen LogP contribution in [0.25, 0.3) is 0 Å². The summed E-state index contributed by atoms with van der Waals surface area (Å²) in [6.07, 6.45) is 4.18. The fourth-order valence-electron chi connectivity index (χ4n) is 3.39. The molecule has 2 aromatic rings. The van der Waals surface area contributed by atoms with E-state index in [1.165, 1.54) is 0 Å². The van der Waals surface area contributed by atoms with Crippen molar-refractivity contribution in [3.05, 3.63) is 65.5 Å². The Kier molecular flexibility index (Phi) is 6.00. The lowest BCUT2D eigenvalue weighted by molar-refractivity contribution is 0.0602. The minimum atomic E-state index is -0.269. The van der Waals surface area contributed by atoms with Crippen LogP contribution in [0, 0.1) is 0 Å². The van der Waals surface area contributed by atoms with Crippen LogP contribution in [0.1, 0.15) is 59.1 Å². The summed E-state index contributed by atoms with van der Waals surface area (Å²) < 4.78 is 0. The Morgan fingerprint density at radius 1 is 1.08 bits per heavy atom. The Morgan fingerprint density at radius 3 is 2.62 bits per heavy atom. The van der Waals surface area contributed by atoms with Gasteiger partial charge < -0.3 is 10.2 Å². The number of nitrogens with zero attached hydrogens (tertiary/aromatic N) is 2. The molecule has 1 saturated heterocycles. The van der Waals surface area contributed by atoms with E-state index < -0.39 is 0 Å². The van der Waals surface area contributed by atoms with Crippen LogP contribution in [0.15, 0.2) is 48.5 Å². The van der Waals surface area contributed by atoms with E-state index in [2.05, 4.69) is 17.2 Å². The summed E-state index contributed by atoms with van der Waals surface area (Å²) in [4.78, 5) is 31.5. The zero-order valence-corrected chi connectivity index (χ0v) is 15.1. The second-order valence-electron chi connectivity index (χ2n) is 6.63. The van der Waals surface area contributed by atoms with Gasteiger partial charge in [-0.3, -0.25) is 9.59 Å². The van der Waals surface area contributed by atoms with Crippen molar-refractivity contribution in [2.24, 2.45) is 0 Å². The van der Waals surface area contributed by atoms with E-state index >= 15 is 0 Å². The maximum absolute atomic E-state index is 12.9. The van der Waals surface area contributed by atoms with Gasteiger partial charge in [-0.05, 0) is 43.4 Å². The highest BCUT2D eigenvalue weighted by Gasteiger charge is 2.27. The molecule has 1 aliphatic rings. The molecule has 3 rings (SSSR count). The number of carbonyl (C=O) groups is 2. The third-order valence-corrected chi connectivity index (χ3v) is 4.86. The molecule has 1 aliphatic heterocycles. The first-order valence-corrected chi connectivity index (χ1v) is 9.29. The summed E-state index contributed by atoms with van der Waals surface area (Å²) in [5, 5.41) is 2.85. The van der Waals surface area contributed by atoms with Crippen LogP contribution in [-0.4, -0.2) is 34.3 Å². The zero-order chi connectivity index (χ0) is 18.4. The fourth-order valence-corrected chi connectivity index (χ4v) is 3.39. The first kappa shape index (κ1) is 18.1. The topological polar surface area (TPSA) is 62.3 Å². The number of nitrogens with one attached hydrogen (secondary N) is 1. The lowest BCUT2D eigenvalue weighted by Gasteiger charge is -2.35. The molecule has 1 unspecified atom stereocenters. The summed E-state index contributed by atoms with van der Waals surface area (Å²) in [5.41, 5.74) is 1.64. The normalized spacial score (nSPS) is 17.0. The Hall–Kier alpha value is -2.69. The Labute approximate surface area is 154 Å². The average Bonchev–Trinajstić information content (AvgIpc) is 2.72. The zero-order valence-electron chi connectivity index (χ0n) is 15.1. The number of hydrogen-bond donors (Lipinski definition) is 1. The van der Waals surface area contributed by atoms with Gasteiger partial charge in [0.05, 0.1) is 0 Å². The predicted octanol–water partition coefficient (Wildman–Crippen LogP) is 3.42. The molecule has 0 spiro atoms. The van der Waals surface area contributed by atoms with Gasteiger partial charge in [-0.1, -0.05) is 43.3 Å². The molecule has 5 heteroatoms. The van der Waals surface area contributed by atoms with Crippen molar-refractivity contribution >= 4 is 11.8 Å². The quantitative estimate of drug-likeness (QED) is 0.898. The summed E-state index contributed by atoms with van der Waals surface area (Å²) in [6.45, 7) is 3.31. The van der Waals surface area contributed by atoms with Crippen LogP contribution in [0.4, 0.5) is 0 Å². The van der Waals surface area contributed by atoms with E-state index in [1.54, 1.807) is 18.2 Å². The molecule has 0 saturated carbocycles. The monoisotopic (exact) mass is 351 g/mol. The number of hydrogen-bond acceptors (Lipinski definition) is 3. The van der Waals surface area contributed by atoms with Crippen molar-refractivity contribution in [1.29, 1.82) is 0 Å². The van der Waals surface area contributed by atoms with E-state index in [0.717, 1.165) is 37.8 Å². The highest BCUT2D eigenvalue weighted by molar-refractivity contribution is 5.96. The van der Waals surface area contributed by atoms with Crippen molar-refractivity contribution in [1.82, 2.24) is 15.2 Å². The molecular weight excluding hydrogens is 326 g/mol. The van der Waals surface area contributed by atoms with Crippen LogP contribution < -0.4 is 5.32 Å². The summed E-state index contributed by atoms with van der Waals surface area (Å²) >= 11 is 0. The number of carbonyl (C=O) groups excluding carboxylic acids is 2. The number of aromatic nitrogens is 1. The fraction of sp³-hybridized carbons (Fsp3) is 0.381. The maximum atomic E-state index is 12.9. The standard InChI is InChI=1S/C21H25N3O2/c1-2-17-11-6-7-14-24(17)21(26)19-13-8-12-18(23-19)20(25)22-15-16-9-4-3-5-10-16/h3-5,8-10,12-13,17H,2,6-7,11,14-15H2,1H3,(H,22,25). The van der Waals surface area contributed by atoms with Crippen molar-refractivity contribution in [3.63, 3.8) is 0 Å². The summed E-state index contributed by atoms with van der Waals surface area (Å²) in [7, 11) is 0. The second-order valence-corrected chi connectivity index (χ2v) is 6.63. The number of piperidine rings is 1. The SMILES string of the molecule is CCC1CCCCN1C(=O)c1cccc(C(=O)NCc2ccccc2)n1. The minimum Gasteiger partial charge on any atom is -0.347 e. The molecule has 2 heterocycles. The molecule has 1 atom stereocenters. The Morgan fingerprint density at radius 2 is 1.85 bits per heavy atom. The highest BCUT2D eigenvalue weighted by Crippen LogP contribution is 2.21. The van der Waals surface area contributed by atoms with E-state index in [4.69, 9.17) is 0 Å². The number of amides is 2. The van der Waals surface area contributed by atoms with Crippen molar-refractivity contribution < 1.29 is 9.59 Å². The molecule has 2 amide bonds. The average molecular weight is 351 g/mol.